The molecule has 0 aliphatic carbocycles. The molecule has 84 valence electrons. The first-order chi connectivity index (χ1) is 6.52. The summed E-state index contributed by atoms with van der Waals surface area (Å²) in [4.78, 5) is 0. The minimum atomic E-state index is -0.188. The van der Waals surface area contributed by atoms with Crippen LogP contribution in [0.1, 0.15) is 47.0 Å². The topological polar surface area (TPSA) is 32.3 Å². The largest absolute Gasteiger partial charge is 0.393 e. The molecule has 2 unspecified atom stereocenters. The second-order valence-corrected chi connectivity index (χ2v) is 4.35. The molecular formula is C12H25NO. The third kappa shape index (κ3) is 9.75. The Bertz CT molecular complexity index is 160. The van der Waals surface area contributed by atoms with Crippen LogP contribution in [0.15, 0.2) is 11.6 Å². The number of hydrogen-bond donors (Lipinski definition) is 2. The van der Waals surface area contributed by atoms with Crippen LogP contribution in [-0.4, -0.2) is 23.8 Å². The first-order valence-electron chi connectivity index (χ1n) is 5.57. The van der Waals surface area contributed by atoms with Crippen LogP contribution in [0.5, 0.6) is 0 Å². The summed E-state index contributed by atoms with van der Waals surface area (Å²) in [5.74, 6) is 0. The fourth-order valence-corrected chi connectivity index (χ4v) is 1.26. The number of aliphatic hydroxyl groups excluding tert-OH is 1. The second-order valence-electron chi connectivity index (χ2n) is 4.35. The van der Waals surface area contributed by atoms with E-state index in [1.165, 1.54) is 12.0 Å². The lowest BCUT2D eigenvalue weighted by Crippen LogP contribution is -2.28. The van der Waals surface area contributed by atoms with Gasteiger partial charge in [-0.1, -0.05) is 11.6 Å². The third-order valence-corrected chi connectivity index (χ3v) is 2.21. The molecule has 0 aliphatic heterocycles. The Morgan fingerprint density at radius 3 is 2.43 bits per heavy atom. The molecule has 0 spiro atoms. The molecule has 14 heavy (non-hydrogen) atoms. The van der Waals surface area contributed by atoms with Gasteiger partial charge in [-0.2, -0.15) is 0 Å². The van der Waals surface area contributed by atoms with Crippen LogP contribution in [0, 0.1) is 0 Å². The zero-order valence-corrected chi connectivity index (χ0v) is 10.0. The van der Waals surface area contributed by atoms with Crippen molar-refractivity contribution in [2.75, 3.05) is 6.54 Å². The summed E-state index contributed by atoms with van der Waals surface area (Å²) in [6.45, 7) is 9.20. The molecule has 0 radical (unpaired) electrons. The molecule has 0 heterocycles. The van der Waals surface area contributed by atoms with Crippen molar-refractivity contribution in [3.63, 3.8) is 0 Å². The SMILES string of the molecule is CC(C)=CCCC(C)NCCC(C)O. The van der Waals surface area contributed by atoms with E-state index >= 15 is 0 Å². The second kappa shape index (κ2) is 8.01. The van der Waals surface area contributed by atoms with Crippen LogP contribution >= 0.6 is 0 Å². The van der Waals surface area contributed by atoms with E-state index in [4.69, 9.17) is 5.11 Å². The molecule has 2 nitrogen and oxygen atoms in total. The zero-order chi connectivity index (χ0) is 11.0. The molecule has 0 bridgehead atoms. The summed E-state index contributed by atoms with van der Waals surface area (Å²) in [5, 5.41) is 12.5. The molecule has 2 N–H and O–H groups in total. The van der Waals surface area contributed by atoms with Crippen LogP contribution in [0.25, 0.3) is 0 Å². The fourth-order valence-electron chi connectivity index (χ4n) is 1.26. The van der Waals surface area contributed by atoms with Gasteiger partial charge in [0.15, 0.2) is 0 Å². The van der Waals surface area contributed by atoms with E-state index < -0.39 is 0 Å². The van der Waals surface area contributed by atoms with Crippen molar-refractivity contribution in [1.29, 1.82) is 0 Å². The monoisotopic (exact) mass is 199 g/mol. The molecule has 0 rings (SSSR count). The smallest absolute Gasteiger partial charge is 0.0524 e. The summed E-state index contributed by atoms with van der Waals surface area (Å²) < 4.78 is 0. The van der Waals surface area contributed by atoms with Crippen molar-refractivity contribution in [1.82, 2.24) is 5.32 Å². The number of allylic oxidation sites excluding steroid dienone is 2. The zero-order valence-electron chi connectivity index (χ0n) is 10.0. The van der Waals surface area contributed by atoms with Gasteiger partial charge >= 0.3 is 0 Å². The minimum Gasteiger partial charge on any atom is -0.393 e. The molecule has 0 saturated heterocycles. The predicted molar refractivity (Wildman–Crippen MR) is 62.4 cm³/mol. The third-order valence-electron chi connectivity index (χ3n) is 2.21. The van der Waals surface area contributed by atoms with Gasteiger partial charge in [0.05, 0.1) is 6.10 Å². The normalized spacial score (nSPS) is 14.9. The number of aliphatic hydroxyl groups is 1. The minimum absolute atomic E-state index is 0.188. The summed E-state index contributed by atoms with van der Waals surface area (Å²) in [6.07, 6.45) is 5.24. The maximum absolute atomic E-state index is 9.06. The summed E-state index contributed by atoms with van der Waals surface area (Å²) in [5.41, 5.74) is 1.39. The lowest BCUT2D eigenvalue weighted by atomic mass is 10.1. The van der Waals surface area contributed by atoms with Gasteiger partial charge in [-0.25, -0.2) is 0 Å². The Morgan fingerprint density at radius 2 is 1.93 bits per heavy atom. The molecule has 0 aromatic rings. The quantitative estimate of drug-likeness (QED) is 0.617. The Kier molecular flexibility index (Phi) is 7.81. The van der Waals surface area contributed by atoms with E-state index in [0.29, 0.717) is 6.04 Å². The van der Waals surface area contributed by atoms with Gasteiger partial charge in [0.1, 0.15) is 0 Å². The Balaban J connectivity index is 3.37. The van der Waals surface area contributed by atoms with Crippen LogP contribution < -0.4 is 5.32 Å². The van der Waals surface area contributed by atoms with Gasteiger partial charge in [0, 0.05) is 6.04 Å². The lowest BCUT2D eigenvalue weighted by molar-refractivity contribution is 0.182. The van der Waals surface area contributed by atoms with Crippen LogP contribution in [0.2, 0.25) is 0 Å². The van der Waals surface area contributed by atoms with E-state index in [9.17, 15) is 0 Å². The molecule has 2 heteroatoms. The summed E-state index contributed by atoms with van der Waals surface area (Å²) >= 11 is 0. The van der Waals surface area contributed by atoms with E-state index in [-0.39, 0.29) is 6.10 Å². The van der Waals surface area contributed by atoms with Crippen molar-refractivity contribution in [3.05, 3.63) is 11.6 Å². The predicted octanol–water partition coefficient (Wildman–Crippen LogP) is 2.48. The van der Waals surface area contributed by atoms with Gasteiger partial charge in [0.25, 0.3) is 0 Å². The number of nitrogens with one attached hydrogen (secondary N) is 1. The lowest BCUT2D eigenvalue weighted by Gasteiger charge is -2.13. The number of rotatable bonds is 7. The molecule has 0 aromatic heterocycles. The van der Waals surface area contributed by atoms with Gasteiger partial charge < -0.3 is 10.4 Å². The standard InChI is InChI=1S/C12H25NO/c1-10(2)6-5-7-11(3)13-9-8-12(4)14/h6,11-14H,5,7-9H2,1-4H3. The average Bonchev–Trinajstić information content (AvgIpc) is 2.02. The molecule has 0 fully saturated rings. The maximum Gasteiger partial charge on any atom is 0.0524 e. The maximum atomic E-state index is 9.06. The number of hydrogen-bond acceptors (Lipinski definition) is 2. The molecule has 2 atom stereocenters. The van der Waals surface area contributed by atoms with Crippen LogP contribution in [0.4, 0.5) is 0 Å². The van der Waals surface area contributed by atoms with Crippen molar-refractivity contribution < 1.29 is 5.11 Å². The molecule has 0 aromatic carbocycles. The fraction of sp³-hybridized carbons (Fsp3) is 0.833. The van der Waals surface area contributed by atoms with E-state index in [1.54, 1.807) is 0 Å². The van der Waals surface area contributed by atoms with Gasteiger partial charge in [-0.15, -0.1) is 0 Å². The van der Waals surface area contributed by atoms with E-state index in [1.807, 2.05) is 6.92 Å². The van der Waals surface area contributed by atoms with Crippen LogP contribution in [-0.2, 0) is 0 Å². The highest BCUT2D eigenvalue weighted by Crippen LogP contribution is 2.01. The summed E-state index contributed by atoms with van der Waals surface area (Å²) in [6, 6.07) is 0.546. The van der Waals surface area contributed by atoms with Gasteiger partial charge in [-0.3, -0.25) is 0 Å². The van der Waals surface area contributed by atoms with Gasteiger partial charge in [0.2, 0.25) is 0 Å². The average molecular weight is 199 g/mol. The van der Waals surface area contributed by atoms with Crippen molar-refractivity contribution in [2.24, 2.45) is 0 Å². The van der Waals surface area contributed by atoms with Crippen molar-refractivity contribution in [3.8, 4) is 0 Å². The highest BCUT2D eigenvalue weighted by Gasteiger charge is 2.00. The molecule has 0 saturated carbocycles. The molecule has 0 amide bonds. The molecule has 0 aliphatic rings. The Labute approximate surface area is 88.4 Å². The first kappa shape index (κ1) is 13.7. The van der Waals surface area contributed by atoms with E-state index in [2.05, 4.69) is 32.2 Å². The highest BCUT2D eigenvalue weighted by atomic mass is 16.3. The Morgan fingerprint density at radius 1 is 1.29 bits per heavy atom. The van der Waals surface area contributed by atoms with E-state index in [0.717, 1.165) is 19.4 Å². The Hall–Kier alpha value is -0.340. The highest BCUT2D eigenvalue weighted by molar-refractivity contribution is 4.93. The van der Waals surface area contributed by atoms with Crippen molar-refractivity contribution >= 4 is 0 Å². The van der Waals surface area contributed by atoms with Crippen molar-refractivity contribution in [2.45, 2.75) is 59.1 Å². The van der Waals surface area contributed by atoms with Crippen LogP contribution in [0.3, 0.4) is 0 Å². The van der Waals surface area contributed by atoms with Gasteiger partial charge in [-0.05, 0) is 53.5 Å². The molecular weight excluding hydrogens is 174 g/mol. The summed E-state index contributed by atoms with van der Waals surface area (Å²) in [7, 11) is 0. The first-order valence-corrected chi connectivity index (χ1v) is 5.57.